The molecule has 0 aliphatic heterocycles. The van der Waals surface area contributed by atoms with Crippen LogP contribution in [-0.2, 0) is 14.8 Å². The molecule has 118 valence electrons. The molecular formula is C14H23N3O3S. The molecule has 0 aliphatic carbocycles. The van der Waals surface area contributed by atoms with E-state index >= 15 is 0 Å². The molecule has 0 heterocycles. The van der Waals surface area contributed by atoms with Gasteiger partial charge in [-0.3, -0.25) is 4.79 Å². The summed E-state index contributed by atoms with van der Waals surface area (Å²) in [5, 5.41) is 2.62. The van der Waals surface area contributed by atoms with Crippen LogP contribution in [0.25, 0.3) is 0 Å². The van der Waals surface area contributed by atoms with Crippen LogP contribution in [0.3, 0.4) is 0 Å². The minimum Gasteiger partial charge on any atom is -0.398 e. The molecule has 0 saturated carbocycles. The van der Waals surface area contributed by atoms with Crippen molar-refractivity contribution in [3.05, 3.63) is 22.8 Å². The molecule has 1 amide bonds. The van der Waals surface area contributed by atoms with Gasteiger partial charge in [0, 0.05) is 25.2 Å². The lowest BCUT2D eigenvalue weighted by Crippen LogP contribution is -2.31. The van der Waals surface area contributed by atoms with Crippen molar-refractivity contribution in [2.45, 2.75) is 39.0 Å². The minimum absolute atomic E-state index is 0.0564. The van der Waals surface area contributed by atoms with Gasteiger partial charge in [0.1, 0.15) is 0 Å². The van der Waals surface area contributed by atoms with Crippen LogP contribution >= 0.6 is 0 Å². The molecule has 0 aliphatic rings. The van der Waals surface area contributed by atoms with E-state index in [1.807, 2.05) is 13.8 Å². The molecule has 7 heteroatoms. The predicted octanol–water partition coefficient (Wildman–Crippen LogP) is 0.999. The number of rotatable bonds is 6. The van der Waals surface area contributed by atoms with Gasteiger partial charge in [-0.2, -0.15) is 0 Å². The highest BCUT2D eigenvalue weighted by Crippen LogP contribution is 2.27. The zero-order valence-corrected chi connectivity index (χ0v) is 13.7. The van der Waals surface area contributed by atoms with E-state index in [0.29, 0.717) is 23.4 Å². The maximum Gasteiger partial charge on any atom is 0.241 e. The van der Waals surface area contributed by atoms with E-state index < -0.39 is 10.0 Å². The molecule has 0 spiro atoms. The van der Waals surface area contributed by atoms with Gasteiger partial charge in [-0.15, -0.1) is 0 Å². The molecule has 0 bridgehead atoms. The second-order valence-corrected chi connectivity index (χ2v) is 6.68. The summed E-state index contributed by atoms with van der Waals surface area (Å²) in [4.78, 5) is 11.5. The van der Waals surface area contributed by atoms with Crippen molar-refractivity contribution in [3.8, 4) is 0 Å². The molecule has 0 saturated heterocycles. The lowest BCUT2D eigenvalue weighted by Gasteiger charge is -2.15. The Balaban J connectivity index is 2.94. The third kappa shape index (κ3) is 4.18. The first-order chi connectivity index (χ1) is 9.70. The minimum atomic E-state index is -3.68. The number of benzene rings is 1. The van der Waals surface area contributed by atoms with Gasteiger partial charge in [0.05, 0.1) is 4.90 Å². The summed E-state index contributed by atoms with van der Waals surface area (Å²) >= 11 is 0. The van der Waals surface area contributed by atoms with Crippen molar-refractivity contribution in [3.63, 3.8) is 0 Å². The fourth-order valence-electron chi connectivity index (χ4n) is 2.25. The Morgan fingerprint density at radius 1 is 1.24 bits per heavy atom. The van der Waals surface area contributed by atoms with Gasteiger partial charge in [-0.1, -0.05) is 6.07 Å². The average Bonchev–Trinajstić information content (AvgIpc) is 2.35. The van der Waals surface area contributed by atoms with E-state index in [0.717, 1.165) is 5.56 Å². The number of sulfonamides is 1. The van der Waals surface area contributed by atoms with Crippen LogP contribution in [-0.4, -0.2) is 27.4 Å². The molecule has 0 radical (unpaired) electrons. The van der Waals surface area contributed by atoms with Crippen molar-refractivity contribution in [2.75, 3.05) is 18.8 Å². The molecule has 1 aromatic carbocycles. The number of nitrogens with one attached hydrogen (secondary N) is 2. The van der Waals surface area contributed by atoms with Crippen LogP contribution in [0, 0.1) is 20.8 Å². The van der Waals surface area contributed by atoms with E-state index in [2.05, 4.69) is 10.0 Å². The van der Waals surface area contributed by atoms with Crippen LogP contribution in [0.5, 0.6) is 0 Å². The number of carbonyl (C=O) groups is 1. The van der Waals surface area contributed by atoms with Crippen LogP contribution in [0.4, 0.5) is 5.69 Å². The molecule has 6 nitrogen and oxygen atoms in total. The third-order valence-corrected chi connectivity index (χ3v) is 5.00. The second-order valence-electron chi connectivity index (χ2n) is 4.98. The first-order valence-electron chi connectivity index (χ1n) is 6.83. The maximum absolute atomic E-state index is 12.4. The SMILES string of the molecule is CCNC(=O)CCNS(=O)(=O)c1c(C)cc(C)c(N)c1C. The summed E-state index contributed by atoms with van der Waals surface area (Å²) in [5.74, 6) is -0.183. The third-order valence-electron chi connectivity index (χ3n) is 3.25. The van der Waals surface area contributed by atoms with Crippen LogP contribution in [0.2, 0.25) is 0 Å². The van der Waals surface area contributed by atoms with Crippen molar-refractivity contribution in [1.29, 1.82) is 0 Å². The zero-order chi connectivity index (χ0) is 16.2. The number of aryl methyl sites for hydroxylation is 2. The standard InChI is InChI=1S/C14H23N3O3S/c1-5-16-12(18)6-7-17-21(19,20)14-10(3)8-9(2)13(15)11(14)4/h8,17H,5-7,15H2,1-4H3,(H,16,18). The van der Waals surface area contributed by atoms with Crippen LogP contribution in [0.1, 0.15) is 30.0 Å². The normalized spacial score (nSPS) is 11.4. The smallest absolute Gasteiger partial charge is 0.241 e. The van der Waals surface area contributed by atoms with Gasteiger partial charge in [0.25, 0.3) is 0 Å². The quantitative estimate of drug-likeness (QED) is 0.682. The van der Waals surface area contributed by atoms with Crippen LogP contribution in [0.15, 0.2) is 11.0 Å². The topological polar surface area (TPSA) is 101 Å². The molecule has 1 rings (SSSR count). The molecule has 0 unspecified atom stereocenters. The first kappa shape index (κ1) is 17.5. The fraction of sp³-hybridized carbons (Fsp3) is 0.500. The summed E-state index contributed by atoms with van der Waals surface area (Å²) in [6.07, 6.45) is 0.104. The van der Waals surface area contributed by atoms with Gasteiger partial charge >= 0.3 is 0 Å². The van der Waals surface area contributed by atoms with Crippen molar-refractivity contribution >= 4 is 21.6 Å². The van der Waals surface area contributed by atoms with E-state index in [1.54, 1.807) is 19.9 Å². The Labute approximate surface area is 126 Å². The van der Waals surface area contributed by atoms with E-state index in [4.69, 9.17) is 5.73 Å². The van der Waals surface area contributed by atoms with E-state index in [-0.39, 0.29) is 23.8 Å². The Hall–Kier alpha value is -1.60. The van der Waals surface area contributed by atoms with Crippen molar-refractivity contribution in [1.82, 2.24) is 10.0 Å². The molecule has 4 N–H and O–H groups in total. The Bertz CT molecular complexity index is 639. The number of anilines is 1. The summed E-state index contributed by atoms with van der Waals surface area (Å²) < 4.78 is 27.2. The highest BCUT2D eigenvalue weighted by molar-refractivity contribution is 7.89. The molecule has 0 atom stereocenters. The number of nitrogens with two attached hydrogens (primary N) is 1. The lowest BCUT2D eigenvalue weighted by atomic mass is 10.1. The number of carbonyl (C=O) groups excluding carboxylic acids is 1. The zero-order valence-electron chi connectivity index (χ0n) is 12.9. The molecule has 0 aromatic heterocycles. The maximum atomic E-state index is 12.4. The van der Waals surface area contributed by atoms with Gasteiger partial charge in [-0.25, -0.2) is 13.1 Å². The Morgan fingerprint density at radius 3 is 2.43 bits per heavy atom. The lowest BCUT2D eigenvalue weighted by molar-refractivity contribution is -0.120. The van der Waals surface area contributed by atoms with Crippen LogP contribution < -0.4 is 15.8 Å². The average molecular weight is 313 g/mol. The monoisotopic (exact) mass is 313 g/mol. The van der Waals surface area contributed by atoms with E-state index in [9.17, 15) is 13.2 Å². The summed E-state index contributed by atoms with van der Waals surface area (Å²) in [6, 6.07) is 1.75. The number of hydrogen-bond donors (Lipinski definition) is 3. The number of amides is 1. The highest BCUT2D eigenvalue weighted by atomic mass is 32.2. The first-order valence-corrected chi connectivity index (χ1v) is 8.31. The Morgan fingerprint density at radius 2 is 1.86 bits per heavy atom. The number of nitrogen functional groups attached to an aromatic ring is 1. The molecule has 1 aromatic rings. The van der Waals surface area contributed by atoms with Gasteiger partial charge in [0.15, 0.2) is 0 Å². The van der Waals surface area contributed by atoms with Crippen molar-refractivity contribution < 1.29 is 13.2 Å². The molecule has 21 heavy (non-hydrogen) atoms. The van der Waals surface area contributed by atoms with Gasteiger partial charge < -0.3 is 11.1 Å². The fourth-order valence-corrected chi connectivity index (χ4v) is 3.76. The van der Waals surface area contributed by atoms with Crippen molar-refractivity contribution in [2.24, 2.45) is 0 Å². The molecular weight excluding hydrogens is 290 g/mol. The van der Waals surface area contributed by atoms with E-state index in [1.165, 1.54) is 0 Å². The van der Waals surface area contributed by atoms with Gasteiger partial charge in [-0.05, 0) is 44.4 Å². The molecule has 0 fully saturated rings. The number of hydrogen-bond acceptors (Lipinski definition) is 4. The summed E-state index contributed by atoms with van der Waals surface area (Å²) in [7, 11) is -3.68. The largest absolute Gasteiger partial charge is 0.398 e. The predicted molar refractivity (Wildman–Crippen MR) is 83.6 cm³/mol. The second kappa shape index (κ2) is 6.91. The summed E-state index contributed by atoms with van der Waals surface area (Å²) in [6.45, 7) is 7.66. The summed E-state index contributed by atoms with van der Waals surface area (Å²) in [5.41, 5.74) is 8.42. The van der Waals surface area contributed by atoms with Gasteiger partial charge in [0.2, 0.25) is 15.9 Å². The Kier molecular flexibility index (Phi) is 5.74. The highest BCUT2D eigenvalue weighted by Gasteiger charge is 2.21.